The molecule has 1 saturated heterocycles. The van der Waals surface area contributed by atoms with Crippen LogP contribution in [-0.4, -0.2) is 38.9 Å². The standard InChI is InChI=1S/C30H25ClN4O2S/c1-3-18-34-29(36)27(38-30(34)32-24-14-16-26(17-15-24)37-4-2)19-22-20-35(25-8-6-5-7-9-25)33-28(22)21-10-12-23(31)13-11-21/h3,5-17,19-20H,1,4,18H2,2H3/b27-19-,32-30?. The van der Waals surface area contributed by atoms with Gasteiger partial charge < -0.3 is 4.74 Å². The van der Waals surface area contributed by atoms with E-state index < -0.39 is 0 Å². The predicted molar refractivity (Wildman–Crippen MR) is 156 cm³/mol. The number of aliphatic imine (C=N–C) groups is 1. The number of hydrogen-bond donors (Lipinski definition) is 0. The van der Waals surface area contributed by atoms with E-state index >= 15 is 0 Å². The molecular formula is C30H25ClN4O2S. The molecule has 0 unspecified atom stereocenters. The summed E-state index contributed by atoms with van der Waals surface area (Å²) >= 11 is 7.46. The zero-order valence-corrected chi connectivity index (χ0v) is 22.3. The van der Waals surface area contributed by atoms with E-state index in [0.29, 0.717) is 28.2 Å². The van der Waals surface area contributed by atoms with Crippen LogP contribution >= 0.6 is 23.4 Å². The molecule has 1 aromatic heterocycles. The molecule has 0 spiro atoms. The molecule has 0 saturated carbocycles. The van der Waals surface area contributed by atoms with Gasteiger partial charge in [0.25, 0.3) is 5.91 Å². The van der Waals surface area contributed by atoms with Gasteiger partial charge in [0.2, 0.25) is 0 Å². The zero-order chi connectivity index (χ0) is 26.5. The fourth-order valence-electron chi connectivity index (χ4n) is 3.95. The Labute approximate surface area is 230 Å². The van der Waals surface area contributed by atoms with Gasteiger partial charge in [-0.15, -0.1) is 6.58 Å². The number of carbonyl (C=O) groups excluding carboxylic acids is 1. The number of aromatic nitrogens is 2. The highest BCUT2D eigenvalue weighted by atomic mass is 35.5. The summed E-state index contributed by atoms with van der Waals surface area (Å²) in [6.45, 7) is 6.71. The zero-order valence-electron chi connectivity index (χ0n) is 20.8. The number of para-hydroxylation sites is 1. The number of amidine groups is 1. The van der Waals surface area contributed by atoms with Crippen molar-refractivity contribution in [1.29, 1.82) is 0 Å². The first-order chi connectivity index (χ1) is 18.6. The second-order valence-electron chi connectivity index (χ2n) is 8.36. The van der Waals surface area contributed by atoms with Crippen molar-refractivity contribution in [2.75, 3.05) is 13.2 Å². The van der Waals surface area contributed by atoms with Gasteiger partial charge in [0.05, 0.1) is 28.6 Å². The number of hydrogen-bond acceptors (Lipinski definition) is 5. The lowest BCUT2D eigenvalue weighted by Crippen LogP contribution is -2.29. The van der Waals surface area contributed by atoms with Gasteiger partial charge in [-0.25, -0.2) is 9.67 Å². The molecule has 190 valence electrons. The van der Waals surface area contributed by atoms with Crippen molar-refractivity contribution in [2.24, 2.45) is 4.99 Å². The molecule has 1 fully saturated rings. The highest BCUT2D eigenvalue weighted by molar-refractivity contribution is 8.18. The molecule has 1 aliphatic heterocycles. The second kappa shape index (κ2) is 11.5. The number of halogens is 1. The number of carbonyl (C=O) groups is 1. The van der Waals surface area contributed by atoms with Crippen molar-refractivity contribution in [1.82, 2.24) is 14.7 Å². The summed E-state index contributed by atoms with van der Waals surface area (Å²) in [5, 5.41) is 6.09. The third kappa shape index (κ3) is 5.59. The molecule has 0 atom stereocenters. The molecule has 2 heterocycles. The number of rotatable bonds is 8. The summed E-state index contributed by atoms with van der Waals surface area (Å²) in [5.41, 5.74) is 4.12. The lowest BCUT2D eigenvalue weighted by atomic mass is 10.1. The molecule has 5 rings (SSSR count). The Morgan fingerprint density at radius 1 is 1.05 bits per heavy atom. The number of benzene rings is 3. The Morgan fingerprint density at radius 3 is 2.47 bits per heavy atom. The van der Waals surface area contributed by atoms with Crippen molar-refractivity contribution >= 4 is 46.2 Å². The average molecular weight is 541 g/mol. The van der Waals surface area contributed by atoms with Crippen molar-refractivity contribution in [2.45, 2.75) is 6.92 Å². The van der Waals surface area contributed by atoms with Crippen LogP contribution in [0.2, 0.25) is 5.02 Å². The predicted octanol–water partition coefficient (Wildman–Crippen LogP) is 7.38. The topological polar surface area (TPSA) is 59.7 Å². The van der Waals surface area contributed by atoms with Gasteiger partial charge in [0.1, 0.15) is 5.75 Å². The summed E-state index contributed by atoms with van der Waals surface area (Å²) in [6, 6.07) is 24.9. The first-order valence-electron chi connectivity index (χ1n) is 12.1. The fraction of sp³-hybridized carbons (Fsp3) is 0.100. The molecule has 1 aliphatic rings. The maximum absolute atomic E-state index is 13.5. The third-order valence-electron chi connectivity index (χ3n) is 5.74. The largest absolute Gasteiger partial charge is 0.494 e. The molecule has 3 aromatic carbocycles. The van der Waals surface area contributed by atoms with E-state index in [0.717, 1.165) is 33.9 Å². The number of ether oxygens (including phenoxy) is 1. The number of nitrogens with zero attached hydrogens (tertiary/aromatic N) is 4. The molecular weight excluding hydrogens is 516 g/mol. The van der Waals surface area contributed by atoms with Crippen LogP contribution in [0, 0.1) is 0 Å². The highest BCUT2D eigenvalue weighted by Crippen LogP contribution is 2.36. The Hall–Kier alpha value is -4.07. The van der Waals surface area contributed by atoms with E-state index in [9.17, 15) is 4.79 Å². The summed E-state index contributed by atoms with van der Waals surface area (Å²) in [4.78, 5) is 20.4. The average Bonchev–Trinajstić information content (AvgIpc) is 3.48. The monoisotopic (exact) mass is 540 g/mol. The van der Waals surface area contributed by atoms with Crippen molar-refractivity contribution in [3.05, 3.63) is 113 Å². The second-order valence-corrected chi connectivity index (χ2v) is 9.80. The maximum Gasteiger partial charge on any atom is 0.267 e. The van der Waals surface area contributed by atoms with E-state index in [2.05, 4.69) is 6.58 Å². The fourth-order valence-corrected chi connectivity index (χ4v) is 5.08. The van der Waals surface area contributed by atoms with Crippen LogP contribution < -0.4 is 4.74 Å². The van der Waals surface area contributed by atoms with Crippen LogP contribution in [0.15, 0.2) is 108 Å². The molecule has 38 heavy (non-hydrogen) atoms. The van der Waals surface area contributed by atoms with Crippen LogP contribution in [0.3, 0.4) is 0 Å². The Bertz CT molecular complexity index is 1510. The minimum absolute atomic E-state index is 0.130. The molecule has 0 aliphatic carbocycles. The van der Waals surface area contributed by atoms with E-state index in [1.807, 2.05) is 103 Å². The smallest absolute Gasteiger partial charge is 0.267 e. The van der Waals surface area contributed by atoms with Gasteiger partial charge in [-0.2, -0.15) is 5.10 Å². The third-order valence-corrected chi connectivity index (χ3v) is 7.00. The first-order valence-corrected chi connectivity index (χ1v) is 13.3. The Morgan fingerprint density at radius 2 is 1.79 bits per heavy atom. The molecule has 0 radical (unpaired) electrons. The van der Waals surface area contributed by atoms with Crippen LogP contribution in [-0.2, 0) is 4.79 Å². The summed E-state index contributed by atoms with van der Waals surface area (Å²) in [7, 11) is 0. The summed E-state index contributed by atoms with van der Waals surface area (Å²) in [6.07, 6.45) is 5.50. The quantitative estimate of drug-likeness (QED) is 0.173. The van der Waals surface area contributed by atoms with Gasteiger partial charge in [0.15, 0.2) is 5.17 Å². The van der Waals surface area contributed by atoms with Gasteiger partial charge in [-0.05, 0) is 73.3 Å². The van der Waals surface area contributed by atoms with E-state index in [4.69, 9.17) is 26.4 Å². The van der Waals surface area contributed by atoms with Crippen LogP contribution in [0.4, 0.5) is 5.69 Å². The Kier molecular flexibility index (Phi) is 7.77. The normalized spacial score (nSPS) is 15.4. The molecule has 0 bridgehead atoms. The van der Waals surface area contributed by atoms with Crippen LogP contribution in [0.1, 0.15) is 12.5 Å². The highest BCUT2D eigenvalue weighted by Gasteiger charge is 2.33. The van der Waals surface area contributed by atoms with E-state index in [1.165, 1.54) is 11.8 Å². The van der Waals surface area contributed by atoms with E-state index in [-0.39, 0.29) is 5.91 Å². The van der Waals surface area contributed by atoms with Gasteiger partial charge in [-0.3, -0.25) is 9.69 Å². The molecule has 4 aromatic rings. The molecule has 0 N–H and O–H groups in total. The minimum atomic E-state index is -0.130. The van der Waals surface area contributed by atoms with E-state index in [1.54, 1.807) is 11.0 Å². The van der Waals surface area contributed by atoms with Gasteiger partial charge in [-0.1, -0.05) is 48.0 Å². The lowest BCUT2D eigenvalue weighted by molar-refractivity contribution is -0.121. The summed E-state index contributed by atoms with van der Waals surface area (Å²) in [5.74, 6) is 0.648. The van der Waals surface area contributed by atoms with Crippen LogP contribution in [0.5, 0.6) is 5.75 Å². The van der Waals surface area contributed by atoms with Crippen molar-refractivity contribution < 1.29 is 9.53 Å². The number of thioether (sulfide) groups is 1. The van der Waals surface area contributed by atoms with Crippen LogP contribution in [0.25, 0.3) is 23.0 Å². The lowest BCUT2D eigenvalue weighted by Gasteiger charge is -2.12. The SMILES string of the molecule is C=CCN1C(=O)/C(=C/c2cn(-c3ccccc3)nc2-c2ccc(Cl)cc2)SC1=Nc1ccc(OCC)cc1. The van der Waals surface area contributed by atoms with Gasteiger partial charge >= 0.3 is 0 Å². The van der Waals surface area contributed by atoms with Crippen molar-refractivity contribution in [3.63, 3.8) is 0 Å². The minimum Gasteiger partial charge on any atom is -0.494 e. The first kappa shape index (κ1) is 25.6. The Balaban J connectivity index is 1.54. The van der Waals surface area contributed by atoms with Crippen molar-refractivity contribution in [3.8, 4) is 22.7 Å². The van der Waals surface area contributed by atoms with Gasteiger partial charge in [0, 0.05) is 28.9 Å². The molecule has 1 amide bonds. The maximum atomic E-state index is 13.5. The summed E-state index contributed by atoms with van der Waals surface area (Å²) < 4.78 is 7.34. The molecule has 8 heteroatoms. The number of amides is 1. The molecule has 6 nitrogen and oxygen atoms in total.